The Hall–Kier alpha value is -3.52. The van der Waals surface area contributed by atoms with E-state index in [-0.39, 0.29) is 19.0 Å². The fraction of sp³-hybridized carbons (Fsp3) is 0.160. The second-order valence-corrected chi connectivity index (χ2v) is 8.67. The molecule has 33 heavy (non-hydrogen) atoms. The highest BCUT2D eigenvalue weighted by atomic mass is 79.9. The first kappa shape index (κ1) is 21.3. The van der Waals surface area contributed by atoms with E-state index < -0.39 is 24.0 Å². The maximum atomic E-state index is 13.8. The highest BCUT2D eigenvalue weighted by Gasteiger charge is 2.48. The third-order valence-corrected chi connectivity index (χ3v) is 6.29. The van der Waals surface area contributed by atoms with E-state index in [1.54, 1.807) is 17.1 Å². The molecule has 2 heterocycles. The van der Waals surface area contributed by atoms with Crippen molar-refractivity contribution in [3.05, 3.63) is 100 Å². The minimum atomic E-state index is -0.820. The Bertz CT molecular complexity index is 1220. The van der Waals surface area contributed by atoms with Crippen LogP contribution in [-0.2, 0) is 9.53 Å². The molecule has 3 aromatic carbocycles. The molecule has 0 N–H and O–H groups in total. The topological polar surface area (TPSA) is 62.2 Å². The van der Waals surface area contributed by atoms with E-state index >= 15 is 0 Å². The van der Waals surface area contributed by atoms with Crippen LogP contribution in [0.2, 0.25) is 0 Å². The summed E-state index contributed by atoms with van der Waals surface area (Å²) in [5, 5.41) is 6.51. The molecule has 0 bridgehead atoms. The predicted molar refractivity (Wildman–Crippen MR) is 126 cm³/mol. The van der Waals surface area contributed by atoms with Crippen LogP contribution in [-0.4, -0.2) is 41.8 Å². The summed E-state index contributed by atoms with van der Waals surface area (Å²) in [6.45, 7) is 0.354. The first-order valence-electron chi connectivity index (χ1n) is 10.5. The van der Waals surface area contributed by atoms with Crippen LogP contribution in [0.15, 0.2) is 88.4 Å². The number of nitrogens with zero attached hydrogens (tertiary/aromatic N) is 3. The standard InChI is InChI=1S/C25H19BrFN3O3/c26-18-8-12-20(13-9-18)30-23(24(31)29-14-15-33-25(29)32)21(16-4-2-1-3-5-16)22(28-30)17-6-10-19(27)11-7-17/h1-13,21,23H,14-15H2/t21-,23-/m0/s1. The van der Waals surface area contributed by atoms with E-state index in [0.717, 1.165) is 14.9 Å². The summed E-state index contributed by atoms with van der Waals surface area (Å²) in [7, 11) is 0. The van der Waals surface area contributed by atoms with Crippen LogP contribution in [0.5, 0.6) is 0 Å². The summed E-state index contributed by atoms with van der Waals surface area (Å²) in [4.78, 5) is 27.2. The molecule has 0 saturated carbocycles. The highest BCUT2D eigenvalue weighted by Crippen LogP contribution is 2.39. The number of halogens is 2. The number of benzene rings is 3. The Balaban J connectivity index is 1.67. The van der Waals surface area contributed by atoms with Crippen LogP contribution in [0, 0.1) is 5.82 Å². The van der Waals surface area contributed by atoms with E-state index in [2.05, 4.69) is 15.9 Å². The maximum Gasteiger partial charge on any atom is 0.416 e. The lowest BCUT2D eigenvalue weighted by atomic mass is 9.84. The minimum Gasteiger partial charge on any atom is -0.447 e. The number of imide groups is 1. The number of hydrogen-bond acceptors (Lipinski definition) is 5. The maximum absolute atomic E-state index is 13.8. The fourth-order valence-corrected chi connectivity index (χ4v) is 4.47. The molecule has 2 aliphatic rings. The quantitative estimate of drug-likeness (QED) is 0.501. The number of amides is 2. The van der Waals surface area contributed by atoms with Gasteiger partial charge in [-0.25, -0.2) is 14.1 Å². The Labute approximate surface area is 198 Å². The zero-order chi connectivity index (χ0) is 22.9. The van der Waals surface area contributed by atoms with E-state index in [4.69, 9.17) is 9.84 Å². The zero-order valence-corrected chi connectivity index (χ0v) is 19.0. The number of hydrogen-bond donors (Lipinski definition) is 0. The first-order valence-corrected chi connectivity index (χ1v) is 11.2. The molecule has 2 atom stereocenters. The van der Waals surface area contributed by atoms with Gasteiger partial charge in [-0.1, -0.05) is 58.4 Å². The SMILES string of the molecule is O=C1OCCN1C(=O)[C@@H]1[C@@H](c2ccccc2)C(c2ccc(F)cc2)=NN1c1ccc(Br)cc1. The Morgan fingerprint density at radius 3 is 2.33 bits per heavy atom. The van der Waals surface area contributed by atoms with Gasteiger partial charge in [-0.3, -0.25) is 9.80 Å². The summed E-state index contributed by atoms with van der Waals surface area (Å²) >= 11 is 3.44. The Kier molecular flexibility index (Phi) is 5.68. The fourth-order valence-electron chi connectivity index (χ4n) is 4.20. The molecule has 2 amide bonds. The molecule has 8 heteroatoms. The minimum absolute atomic E-state index is 0.164. The number of hydrazone groups is 1. The van der Waals surface area contributed by atoms with Gasteiger partial charge in [0.25, 0.3) is 5.91 Å². The predicted octanol–water partition coefficient (Wildman–Crippen LogP) is 4.94. The highest BCUT2D eigenvalue weighted by molar-refractivity contribution is 9.10. The molecule has 0 aliphatic carbocycles. The van der Waals surface area contributed by atoms with Crippen LogP contribution >= 0.6 is 15.9 Å². The van der Waals surface area contributed by atoms with Crippen LogP contribution < -0.4 is 5.01 Å². The molecule has 0 spiro atoms. The van der Waals surface area contributed by atoms with E-state index in [1.165, 1.54) is 12.1 Å². The van der Waals surface area contributed by atoms with E-state index in [1.807, 2.05) is 54.6 Å². The number of rotatable bonds is 4. The number of cyclic esters (lactones) is 1. The summed E-state index contributed by atoms with van der Waals surface area (Å²) in [5.74, 6) is -1.23. The van der Waals surface area contributed by atoms with Crippen molar-refractivity contribution < 1.29 is 18.7 Å². The van der Waals surface area contributed by atoms with Crippen LogP contribution in [0.1, 0.15) is 17.0 Å². The number of anilines is 1. The van der Waals surface area contributed by atoms with Gasteiger partial charge in [-0.2, -0.15) is 5.10 Å². The van der Waals surface area contributed by atoms with Gasteiger partial charge >= 0.3 is 6.09 Å². The molecule has 0 radical (unpaired) electrons. The van der Waals surface area contributed by atoms with Gasteiger partial charge in [0.05, 0.1) is 23.9 Å². The lowest BCUT2D eigenvalue weighted by molar-refractivity contribution is -0.129. The lowest BCUT2D eigenvalue weighted by Gasteiger charge is -2.29. The smallest absolute Gasteiger partial charge is 0.416 e. The largest absolute Gasteiger partial charge is 0.447 e. The van der Waals surface area contributed by atoms with Crippen molar-refractivity contribution in [2.24, 2.45) is 5.10 Å². The van der Waals surface area contributed by atoms with Crippen LogP contribution in [0.4, 0.5) is 14.9 Å². The van der Waals surface area contributed by atoms with Crippen LogP contribution in [0.3, 0.4) is 0 Å². The summed E-state index contributed by atoms with van der Waals surface area (Å²) < 4.78 is 19.6. The molecular formula is C25H19BrFN3O3. The van der Waals surface area contributed by atoms with Crippen molar-refractivity contribution in [3.8, 4) is 0 Å². The summed E-state index contributed by atoms with van der Waals surface area (Å²) in [6, 6.07) is 22.2. The second-order valence-electron chi connectivity index (χ2n) is 7.75. The van der Waals surface area contributed by atoms with Gasteiger partial charge < -0.3 is 4.74 Å². The first-order chi connectivity index (χ1) is 16.0. The van der Waals surface area contributed by atoms with Crippen molar-refractivity contribution in [3.63, 3.8) is 0 Å². The van der Waals surface area contributed by atoms with Gasteiger partial charge in [0.2, 0.25) is 0 Å². The van der Waals surface area contributed by atoms with Gasteiger partial charge in [-0.05, 0) is 47.5 Å². The molecule has 1 saturated heterocycles. The molecule has 5 rings (SSSR count). The monoisotopic (exact) mass is 507 g/mol. The third kappa shape index (κ3) is 4.02. The van der Waals surface area contributed by atoms with E-state index in [0.29, 0.717) is 17.0 Å². The summed E-state index contributed by atoms with van der Waals surface area (Å²) in [5.41, 5.74) is 2.88. The van der Waals surface area contributed by atoms with E-state index in [9.17, 15) is 14.0 Å². The average Bonchev–Trinajstić information content (AvgIpc) is 3.44. The van der Waals surface area contributed by atoms with Gasteiger partial charge in [0.1, 0.15) is 18.5 Å². The lowest BCUT2D eigenvalue weighted by Crippen LogP contribution is -2.48. The van der Waals surface area contributed by atoms with Crippen molar-refractivity contribution in [2.75, 3.05) is 18.2 Å². The Morgan fingerprint density at radius 2 is 1.70 bits per heavy atom. The normalized spacial score (nSPS) is 20.1. The third-order valence-electron chi connectivity index (χ3n) is 5.76. The molecule has 2 aliphatic heterocycles. The molecule has 1 fully saturated rings. The van der Waals surface area contributed by atoms with Crippen molar-refractivity contribution in [1.29, 1.82) is 0 Å². The average molecular weight is 508 g/mol. The molecule has 0 unspecified atom stereocenters. The molecule has 166 valence electrons. The van der Waals surface area contributed by atoms with Crippen molar-refractivity contribution >= 4 is 39.3 Å². The molecule has 0 aromatic heterocycles. The van der Waals surface area contributed by atoms with Crippen molar-refractivity contribution in [1.82, 2.24) is 4.90 Å². The summed E-state index contributed by atoms with van der Waals surface area (Å²) in [6.07, 6.45) is -0.655. The number of carbonyl (C=O) groups is 2. The zero-order valence-electron chi connectivity index (χ0n) is 17.4. The van der Waals surface area contributed by atoms with Crippen LogP contribution in [0.25, 0.3) is 0 Å². The van der Waals surface area contributed by atoms with Crippen molar-refractivity contribution in [2.45, 2.75) is 12.0 Å². The molecule has 3 aromatic rings. The number of carbonyl (C=O) groups excluding carboxylic acids is 2. The van der Waals surface area contributed by atoms with Gasteiger partial charge in [0, 0.05) is 4.47 Å². The Morgan fingerprint density at radius 1 is 1.00 bits per heavy atom. The molecule has 6 nitrogen and oxygen atoms in total. The van der Waals surface area contributed by atoms with Gasteiger partial charge in [0.15, 0.2) is 0 Å². The molecular weight excluding hydrogens is 489 g/mol. The second kappa shape index (κ2) is 8.78. The number of ether oxygens (including phenoxy) is 1. The van der Waals surface area contributed by atoms with Gasteiger partial charge in [-0.15, -0.1) is 0 Å².